The van der Waals surface area contributed by atoms with Gasteiger partial charge in [-0.05, 0) is 36.0 Å². The van der Waals surface area contributed by atoms with Crippen LogP contribution in [-0.2, 0) is 9.84 Å². The summed E-state index contributed by atoms with van der Waals surface area (Å²) >= 11 is -0.0136. The van der Waals surface area contributed by atoms with E-state index in [1.54, 1.807) is 18.2 Å². The van der Waals surface area contributed by atoms with Crippen LogP contribution >= 0.6 is 11.8 Å². The molecule has 0 aliphatic rings. The average Bonchev–Trinajstić information content (AvgIpc) is 2.40. The van der Waals surface area contributed by atoms with Gasteiger partial charge in [0.25, 0.3) is 9.84 Å². The van der Waals surface area contributed by atoms with Crippen molar-refractivity contribution in [3.05, 3.63) is 54.7 Å². The van der Waals surface area contributed by atoms with Gasteiger partial charge in [0.1, 0.15) is 0 Å². The van der Waals surface area contributed by atoms with E-state index in [0.717, 1.165) is 12.3 Å². The number of aromatic nitrogens is 1. The van der Waals surface area contributed by atoms with E-state index in [4.69, 9.17) is 0 Å². The number of halogens is 2. The third kappa shape index (κ3) is 2.93. The minimum Gasteiger partial charge on any atom is -0.244 e. The zero-order chi connectivity index (χ0) is 13.9. The molecular weight excluding hydrogens is 292 g/mol. The Kier molecular flexibility index (Phi) is 3.86. The van der Waals surface area contributed by atoms with Crippen LogP contribution in [0.1, 0.15) is 0 Å². The van der Waals surface area contributed by atoms with Crippen LogP contribution in [0.25, 0.3) is 0 Å². The molecule has 1 heterocycles. The number of rotatable bonds is 4. The molecule has 19 heavy (non-hydrogen) atoms. The molecule has 0 fully saturated rings. The molecule has 0 atom stereocenters. The molecule has 0 saturated carbocycles. The average molecular weight is 301 g/mol. The van der Waals surface area contributed by atoms with E-state index < -0.39 is 19.4 Å². The van der Waals surface area contributed by atoms with Crippen molar-refractivity contribution in [2.75, 3.05) is 0 Å². The number of alkyl halides is 2. The largest absolute Gasteiger partial charge is 0.403 e. The van der Waals surface area contributed by atoms with E-state index in [1.165, 1.54) is 24.3 Å². The van der Waals surface area contributed by atoms with Crippen LogP contribution in [0.4, 0.5) is 8.78 Å². The molecule has 0 saturated heterocycles. The van der Waals surface area contributed by atoms with Crippen LogP contribution in [0.15, 0.2) is 64.6 Å². The van der Waals surface area contributed by atoms with E-state index in [0.29, 0.717) is 0 Å². The first-order chi connectivity index (χ1) is 8.93. The molecule has 0 radical (unpaired) electrons. The third-order valence-corrected chi connectivity index (χ3v) is 5.28. The summed E-state index contributed by atoms with van der Waals surface area (Å²) in [5.74, 6) is 0. The number of nitrogens with zero attached hydrogens (tertiary/aromatic N) is 1. The first-order valence-electron chi connectivity index (χ1n) is 5.21. The van der Waals surface area contributed by atoms with Crippen molar-refractivity contribution in [3.63, 3.8) is 0 Å². The highest BCUT2D eigenvalue weighted by Crippen LogP contribution is 2.42. The molecule has 0 unspecified atom stereocenters. The third-order valence-electron chi connectivity index (χ3n) is 2.21. The summed E-state index contributed by atoms with van der Waals surface area (Å²) < 4.78 is 47.5. The van der Waals surface area contributed by atoms with Crippen molar-refractivity contribution in [2.24, 2.45) is 0 Å². The van der Waals surface area contributed by atoms with Gasteiger partial charge in [-0.25, -0.2) is 13.4 Å². The normalized spacial score (nSPS) is 12.3. The van der Waals surface area contributed by atoms with E-state index in [-0.39, 0.29) is 16.7 Å². The molecule has 0 aliphatic carbocycles. The van der Waals surface area contributed by atoms with Gasteiger partial charge in [-0.2, -0.15) is 8.78 Å². The van der Waals surface area contributed by atoms with Crippen LogP contribution in [0.2, 0.25) is 0 Å². The summed E-state index contributed by atoms with van der Waals surface area (Å²) in [5, 5.41) is -0.636. The van der Waals surface area contributed by atoms with E-state index in [2.05, 4.69) is 4.98 Å². The summed E-state index contributed by atoms with van der Waals surface area (Å²) in [6.07, 6.45) is 1.16. The minimum atomic E-state index is -4.82. The number of hydrogen-bond donors (Lipinski definition) is 0. The molecule has 0 N–H and O–H groups in total. The molecule has 7 heteroatoms. The van der Waals surface area contributed by atoms with Gasteiger partial charge in [0.15, 0.2) is 5.03 Å². The van der Waals surface area contributed by atoms with Crippen molar-refractivity contribution in [2.45, 2.75) is 14.5 Å². The molecule has 100 valence electrons. The summed E-state index contributed by atoms with van der Waals surface area (Å²) in [6, 6.07) is 11.5. The van der Waals surface area contributed by atoms with E-state index in [9.17, 15) is 17.2 Å². The lowest BCUT2D eigenvalue weighted by atomic mass is 10.4. The Labute approximate surface area is 113 Å². The maximum absolute atomic E-state index is 13.9. The maximum atomic E-state index is 13.9. The molecule has 0 bridgehead atoms. The monoisotopic (exact) mass is 301 g/mol. The molecule has 0 aliphatic heterocycles. The molecule has 2 aromatic rings. The molecule has 1 aromatic heterocycles. The summed E-state index contributed by atoms with van der Waals surface area (Å²) in [5.41, 5.74) is 0. The quantitative estimate of drug-likeness (QED) is 0.814. The predicted octanol–water partition coefficient (Wildman–Crippen LogP) is 3.20. The Bertz CT molecular complexity index is 646. The van der Waals surface area contributed by atoms with Gasteiger partial charge in [0.05, 0.1) is 0 Å². The number of benzene rings is 1. The summed E-state index contributed by atoms with van der Waals surface area (Å²) in [6.45, 7) is 0. The maximum Gasteiger partial charge on any atom is 0.403 e. The second kappa shape index (κ2) is 5.26. The first-order valence-corrected chi connectivity index (χ1v) is 7.51. The first kappa shape index (κ1) is 14.0. The topological polar surface area (TPSA) is 47.0 Å². The van der Waals surface area contributed by atoms with Crippen molar-refractivity contribution in [1.82, 2.24) is 4.98 Å². The predicted molar refractivity (Wildman–Crippen MR) is 68.7 cm³/mol. The number of thioether (sulfide) groups is 1. The van der Waals surface area contributed by atoms with Gasteiger partial charge in [-0.1, -0.05) is 24.3 Å². The summed E-state index contributed by atoms with van der Waals surface area (Å²) in [4.78, 5) is 3.65. The Balaban J connectivity index is 2.34. The van der Waals surface area contributed by atoms with Gasteiger partial charge in [0, 0.05) is 11.1 Å². The van der Waals surface area contributed by atoms with E-state index in [1.807, 2.05) is 0 Å². The molecule has 3 nitrogen and oxygen atoms in total. The lowest BCUT2D eigenvalue weighted by Gasteiger charge is -2.15. The lowest BCUT2D eigenvalue weighted by Crippen LogP contribution is -2.25. The number of hydrogen-bond acceptors (Lipinski definition) is 4. The SMILES string of the molecule is O=S(=O)(c1ccccn1)C(F)(F)Sc1ccccc1. The molecule has 0 amide bonds. The molecule has 0 spiro atoms. The van der Waals surface area contributed by atoms with E-state index >= 15 is 0 Å². The van der Waals surface area contributed by atoms with Gasteiger partial charge in [-0.3, -0.25) is 0 Å². The highest BCUT2D eigenvalue weighted by molar-refractivity contribution is 8.14. The fraction of sp³-hybridized carbons (Fsp3) is 0.0833. The van der Waals surface area contributed by atoms with Crippen LogP contribution in [0, 0.1) is 0 Å². The zero-order valence-corrected chi connectivity index (χ0v) is 11.2. The Hall–Kier alpha value is -1.47. The van der Waals surface area contributed by atoms with Crippen molar-refractivity contribution >= 4 is 21.6 Å². The number of pyridine rings is 1. The van der Waals surface area contributed by atoms with Crippen LogP contribution in [0.3, 0.4) is 0 Å². The molecule has 1 aromatic carbocycles. The van der Waals surface area contributed by atoms with Gasteiger partial charge in [0.2, 0.25) is 0 Å². The smallest absolute Gasteiger partial charge is 0.244 e. The van der Waals surface area contributed by atoms with Gasteiger partial charge >= 0.3 is 4.59 Å². The second-order valence-electron chi connectivity index (χ2n) is 3.55. The van der Waals surface area contributed by atoms with Gasteiger partial charge in [-0.15, -0.1) is 0 Å². The Morgan fingerprint density at radius 1 is 1.00 bits per heavy atom. The van der Waals surface area contributed by atoms with Gasteiger partial charge < -0.3 is 0 Å². The molecular formula is C12H9F2NO2S2. The Morgan fingerprint density at radius 2 is 1.63 bits per heavy atom. The van der Waals surface area contributed by atoms with Crippen LogP contribution in [-0.4, -0.2) is 18.0 Å². The van der Waals surface area contributed by atoms with Crippen molar-refractivity contribution < 1.29 is 17.2 Å². The van der Waals surface area contributed by atoms with Crippen LogP contribution in [0.5, 0.6) is 0 Å². The van der Waals surface area contributed by atoms with Crippen molar-refractivity contribution in [1.29, 1.82) is 0 Å². The second-order valence-corrected chi connectivity index (χ2v) is 6.93. The number of sulfone groups is 1. The standard InChI is InChI=1S/C12H9F2NO2S2/c13-12(14,18-10-6-2-1-3-7-10)19(16,17)11-8-4-5-9-15-11/h1-9H. The highest BCUT2D eigenvalue weighted by Gasteiger charge is 2.48. The lowest BCUT2D eigenvalue weighted by molar-refractivity contribution is 0.195. The van der Waals surface area contributed by atoms with Crippen molar-refractivity contribution in [3.8, 4) is 0 Å². The fourth-order valence-electron chi connectivity index (χ4n) is 1.31. The summed E-state index contributed by atoms with van der Waals surface area (Å²) in [7, 11) is -4.82. The molecule has 2 rings (SSSR count). The fourth-order valence-corrected chi connectivity index (χ4v) is 3.56. The highest BCUT2D eigenvalue weighted by atomic mass is 32.3. The zero-order valence-electron chi connectivity index (χ0n) is 9.53. The minimum absolute atomic E-state index is 0.0136. The van der Waals surface area contributed by atoms with Crippen LogP contribution < -0.4 is 0 Å². The Morgan fingerprint density at radius 3 is 2.21 bits per heavy atom.